The van der Waals surface area contributed by atoms with Crippen molar-refractivity contribution in [3.8, 4) is 5.75 Å². The van der Waals surface area contributed by atoms with E-state index in [1.165, 1.54) is 12.1 Å². The molecule has 2 aromatic rings. The SMILES string of the molecule is Nc1cccc(OCC(=O)OCc2cccc(Cl)c2F)c1. The number of esters is 1. The van der Waals surface area contributed by atoms with Crippen LogP contribution >= 0.6 is 11.6 Å². The van der Waals surface area contributed by atoms with E-state index < -0.39 is 11.8 Å². The zero-order valence-electron chi connectivity index (χ0n) is 11.0. The molecule has 2 N–H and O–H groups in total. The van der Waals surface area contributed by atoms with E-state index in [-0.39, 0.29) is 23.8 Å². The summed E-state index contributed by atoms with van der Waals surface area (Å²) in [5.74, 6) is -0.749. The summed E-state index contributed by atoms with van der Waals surface area (Å²) < 4.78 is 23.7. The lowest BCUT2D eigenvalue weighted by molar-refractivity contribution is -0.147. The fraction of sp³-hybridized carbons (Fsp3) is 0.133. The summed E-state index contributed by atoms with van der Waals surface area (Å²) in [4.78, 5) is 11.5. The molecule has 0 saturated carbocycles. The third-order valence-corrected chi connectivity index (χ3v) is 2.93. The van der Waals surface area contributed by atoms with Gasteiger partial charge in [0.15, 0.2) is 6.61 Å². The van der Waals surface area contributed by atoms with Gasteiger partial charge in [-0.05, 0) is 18.2 Å². The zero-order chi connectivity index (χ0) is 15.2. The van der Waals surface area contributed by atoms with Gasteiger partial charge >= 0.3 is 5.97 Å². The average molecular weight is 310 g/mol. The Hall–Kier alpha value is -2.27. The molecule has 0 unspecified atom stereocenters. The molecule has 0 fully saturated rings. The van der Waals surface area contributed by atoms with Gasteiger partial charge in [0.05, 0.1) is 5.02 Å². The van der Waals surface area contributed by atoms with Crippen molar-refractivity contribution < 1.29 is 18.7 Å². The number of nitrogen functional groups attached to an aromatic ring is 1. The highest BCUT2D eigenvalue weighted by Crippen LogP contribution is 2.18. The molecule has 2 aromatic carbocycles. The van der Waals surface area contributed by atoms with Crippen molar-refractivity contribution in [1.82, 2.24) is 0 Å². The van der Waals surface area contributed by atoms with Crippen LogP contribution in [-0.4, -0.2) is 12.6 Å². The maximum Gasteiger partial charge on any atom is 0.344 e. The van der Waals surface area contributed by atoms with Crippen molar-refractivity contribution in [2.45, 2.75) is 6.61 Å². The van der Waals surface area contributed by atoms with E-state index >= 15 is 0 Å². The summed E-state index contributed by atoms with van der Waals surface area (Å²) in [5.41, 5.74) is 6.32. The number of anilines is 1. The van der Waals surface area contributed by atoms with E-state index in [1.807, 2.05) is 0 Å². The van der Waals surface area contributed by atoms with E-state index in [0.29, 0.717) is 11.4 Å². The molecular weight excluding hydrogens is 297 g/mol. The van der Waals surface area contributed by atoms with E-state index in [1.54, 1.807) is 30.3 Å². The Labute approximate surface area is 126 Å². The minimum absolute atomic E-state index is 0.0143. The first kappa shape index (κ1) is 15.1. The van der Waals surface area contributed by atoms with Crippen molar-refractivity contribution in [3.05, 3.63) is 58.9 Å². The molecule has 110 valence electrons. The Morgan fingerprint density at radius 1 is 1.24 bits per heavy atom. The first-order valence-electron chi connectivity index (χ1n) is 6.13. The number of carbonyl (C=O) groups excluding carboxylic acids is 1. The second kappa shape index (κ2) is 6.95. The number of hydrogen-bond acceptors (Lipinski definition) is 4. The minimum atomic E-state index is -0.614. The summed E-state index contributed by atoms with van der Waals surface area (Å²) in [5, 5.41) is -0.0143. The van der Waals surface area contributed by atoms with E-state index in [2.05, 4.69) is 0 Å². The standard InChI is InChI=1S/C15H13ClFNO3/c16-13-6-1-3-10(15(13)17)8-21-14(19)9-20-12-5-2-4-11(18)7-12/h1-7H,8-9,18H2. The Morgan fingerprint density at radius 3 is 2.76 bits per heavy atom. The molecule has 0 bridgehead atoms. The number of benzene rings is 2. The van der Waals surface area contributed by atoms with Gasteiger partial charge in [0.2, 0.25) is 0 Å². The molecule has 0 aliphatic rings. The molecule has 0 amide bonds. The molecule has 0 atom stereocenters. The molecule has 6 heteroatoms. The maximum atomic E-state index is 13.6. The molecule has 0 aliphatic carbocycles. The topological polar surface area (TPSA) is 61.5 Å². The van der Waals surface area contributed by atoms with Crippen LogP contribution in [0.4, 0.5) is 10.1 Å². The fourth-order valence-corrected chi connectivity index (χ4v) is 1.80. The van der Waals surface area contributed by atoms with Gasteiger partial charge in [0.25, 0.3) is 0 Å². The van der Waals surface area contributed by atoms with Crippen molar-refractivity contribution >= 4 is 23.3 Å². The van der Waals surface area contributed by atoms with E-state index in [0.717, 1.165) is 0 Å². The van der Waals surface area contributed by atoms with Gasteiger partial charge in [-0.3, -0.25) is 0 Å². The molecule has 21 heavy (non-hydrogen) atoms. The number of ether oxygens (including phenoxy) is 2. The highest BCUT2D eigenvalue weighted by atomic mass is 35.5. The molecule has 0 aliphatic heterocycles. The summed E-state index contributed by atoms with van der Waals surface area (Å²) in [6.45, 7) is -0.489. The van der Waals surface area contributed by atoms with E-state index in [9.17, 15) is 9.18 Å². The molecule has 0 spiro atoms. The van der Waals surface area contributed by atoms with Gasteiger partial charge in [-0.15, -0.1) is 0 Å². The minimum Gasteiger partial charge on any atom is -0.482 e. The quantitative estimate of drug-likeness (QED) is 0.680. The Bertz CT molecular complexity index is 649. The third-order valence-electron chi connectivity index (χ3n) is 2.64. The number of hydrogen-bond donors (Lipinski definition) is 1. The highest BCUT2D eigenvalue weighted by molar-refractivity contribution is 6.30. The van der Waals surface area contributed by atoms with Crippen molar-refractivity contribution in [2.24, 2.45) is 0 Å². The Balaban J connectivity index is 1.84. The molecule has 0 aromatic heterocycles. The van der Waals surface area contributed by atoms with Crippen LogP contribution in [0, 0.1) is 5.82 Å². The second-order valence-corrected chi connectivity index (χ2v) is 4.64. The highest BCUT2D eigenvalue weighted by Gasteiger charge is 2.10. The second-order valence-electron chi connectivity index (χ2n) is 4.23. The number of halogens is 2. The molecule has 0 heterocycles. The van der Waals surface area contributed by atoms with Crippen LogP contribution in [-0.2, 0) is 16.1 Å². The van der Waals surface area contributed by atoms with Gasteiger partial charge < -0.3 is 15.2 Å². The molecular formula is C15H13ClFNO3. The van der Waals surface area contributed by atoms with Crippen molar-refractivity contribution in [2.75, 3.05) is 12.3 Å². The van der Waals surface area contributed by atoms with Crippen LogP contribution in [0.25, 0.3) is 0 Å². The van der Waals surface area contributed by atoms with Crippen LogP contribution in [0.1, 0.15) is 5.56 Å². The van der Waals surface area contributed by atoms with Gasteiger partial charge in [-0.2, -0.15) is 0 Å². The number of nitrogens with two attached hydrogens (primary N) is 1. The predicted octanol–water partition coefficient (Wildman–Crippen LogP) is 3.18. The third kappa shape index (κ3) is 4.36. The van der Waals surface area contributed by atoms with Crippen LogP contribution in [0.15, 0.2) is 42.5 Å². The van der Waals surface area contributed by atoms with Gasteiger partial charge in [-0.25, -0.2) is 9.18 Å². The van der Waals surface area contributed by atoms with Crippen LogP contribution < -0.4 is 10.5 Å². The van der Waals surface area contributed by atoms with E-state index in [4.69, 9.17) is 26.8 Å². The average Bonchev–Trinajstić information content (AvgIpc) is 2.47. The van der Waals surface area contributed by atoms with Crippen LogP contribution in [0.2, 0.25) is 5.02 Å². The summed E-state index contributed by atoms with van der Waals surface area (Å²) >= 11 is 5.63. The summed E-state index contributed by atoms with van der Waals surface area (Å²) in [6, 6.07) is 11.2. The summed E-state index contributed by atoms with van der Waals surface area (Å²) in [6.07, 6.45) is 0. The lowest BCUT2D eigenvalue weighted by Gasteiger charge is -2.08. The lowest BCUT2D eigenvalue weighted by atomic mass is 10.2. The molecule has 0 radical (unpaired) electrons. The Morgan fingerprint density at radius 2 is 2.00 bits per heavy atom. The fourth-order valence-electron chi connectivity index (χ4n) is 1.61. The number of rotatable bonds is 5. The molecule has 2 rings (SSSR count). The normalized spacial score (nSPS) is 10.2. The monoisotopic (exact) mass is 309 g/mol. The smallest absolute Gasteiger partial charge is 0.344 e. The Kier molecular flexibility index (Phi) is 5.00. The van der Waals surface area contributed by atoms with Crippen molar-refractivity contribution in [3.63, 3.8) is 0 Å². The molecule has 4 nitrogen and oxygen atoms in total. The predicted molar refractivity (Wildman–Crippen MR) is 77.6 cm³/mol. The van der Waals surface area contributed by atoms with Gasteiger partial charge in [0.1, 0.15) is 18.2 Å². The first-order valence-corrected chi connectivity index (χ1v) is 6.51. The molecule has 0 saturated heterocycles. The van der Waals surface area contributed by atoms with Gasteiger partial charge in [-0.1, -0.05) is 29.8 Å². The number of carbonyl (C=O) groups is 1. The summed E-state index contributed by atoms with van der Waals surface area (Å²) in [7, 11) is 0. The first-order chi connectivity index (χ1) is 10.1. The van der Waals surface area contributed by atoms with Crippen LogP contribution in [0.3, 0.4) is 0 Å². The van der Waals surface area contributed by atoms with Crippen molar-refractivity contribution in [1.29, 1.82) is 0 Å². The maximum absolute atomic E-state index is 13.6. The lowest BCUT2D eigenvalue weighted by Crippen LogP contribution is -2.15. The van der Waals surface area contributed by atoms with Gasteiger partial charge in [0, 0.05) is 17.3 Å². The largest absolute Gasteiger partial charge is 0.482 e. The van der Waals surface area contributed by atoms with Crippen LogP contribution in [0.5, 0.6) is 5.75 Å². The zero-order valence-corrected chi connectivity index (χ0v) is 11.8.